The highest BCUT2D eigenvalue weighted by Crippen LogP contribution is 2.40. The molecule has 34 heavy (non-hydrogen) atoms. The van der Waals surface area contributed by atoms with Gasteiger partial charge in [0, 0.05) is 23.2 Å². The van der Waals surface area contributed by atoms with Crippen LogP contribution >= 0.6 is 0 Å². The maximum atomic E-state index is 12.8. The number of ether oxygens (including phenoxy) is 2. The third kappa shape index (κ3) is 4.62. The highest BCUT2D eigenvalue weighted by Gasteiger charge is 2.35. The number of amides is 2. The van der Waals surface area contributed by atoms with E-state index in [0.29, 0.717) is 29.3 Å². The molecule has 6 heteroatoms. The Morgan fingerprint density at radius 3 is 2.26 bits per heavy atom. The van der Waals surface area contributed by atoms with E-state index in [-0.39, 0.29) is 23.8 Å². The van der Waals surface area contributed by atoms with Crippen LogP contribution in [0.5, 0.6) is 11.5 Å². The molecule has 2 amide bonds. The van der Waals surface area contributed by atoms with Gasteiger partial charge in [-0.15, -0.1) is 0 Å². The van der Waals surface area contributed by atoms with Crippen LogP contribution in [0.15, 0.2) is 78.9 Å². The molecule has 1 fully saturated rings. The van der Waals surface area contributed by atoms with Crippen molar-refractivity contribution >= 4 is 17.5 Å². The summed E-state index contributed by atoms with van der Waals surface area (Å²) < 4.78 is 11.4. The Morgan fingerprint density at radius 2 is 1.53 bits per heavy atom. The molecule has 1 saturated carbocycles. The summed E-state index contributed by atoms with van der Waals surface area (Å²) in [6, 6.07) is 24.7. The lowest BCUT2D eigenvalue weighted by Crippen LogP contribution is -2.40. The summed E-state index contributed by atoms with van der Waals surface area (Å²) in [6.45, 7) is 0.765. The maximum absolute atomic E-state index is 12.8. The first-order chi connectivity index (χ1) is 16.6. The van der Waals surface area contributed by atoms with Crippen molar-refractivity contribution in [2.24, 2.45) is 0 Å². The minimum Gasteiger partial charge on any atom is -0.485 e. The number of benzene rings is 3. The predicted octanol–water partition coefficient (Wildman–Crippen LogP) is 4.71. The van der Waals surface area contributed by atoms with Gasteiger partial charge in [0.1, 0.15) is 6.61 Å². The molecule has 0 saturated heterocycles. The number of anilines is 1. The second kappa shape index (κ2) is 9.59. The Kier molecular flexibility index (Phi) is 6.21. The van der Waals surface area contributed by atoms with Gasteiger partial charge >= 0.3 is 0 Å². The number of carbonyl (C=O) groups excluding carboxylic acids is 2. The number of hydrogen-bond donors (Lipinski definition) is 2. The first-order valence-electron chi connectivity index (χ1n) is 11.8. The minimum absolute atomic E-state index is 0.00548. The Bertz CT molecular complexity index is 1150. The first-order valence-corrected chi connectivity index (χ1v) is 11.8. The van der Waals surface area contributed by atoms with Crippen molar-refractivity contribution in [1.29, 1.82) is 0 Å². The lowest BCUT2D eigenvalue weighted by molar-refractivity contribution is -0.125. The molecular weight excluding hydrogens is 428 g/mol. The van der Waals surface area contributed by atoms with Crippen molar-refractivity contribution < 1.29 is 19.1 Å². The van der Waals surface area contributed by atoms with Crippen molar-refractivity contribution in [3.63, 3.8) is 0 Å². The van der Waals surface area contributed by atoms with Crippen LogP contribution < -0.4 is 20.1 Å². The number of rotatable bonds is 6. The van der Waals surface area contributed by atoms with Crippen LogP contribution in [0, 0.1) is 0 Å². The van der Waals surface area contributed by atoms with E-state index in [1.54, 1.807) is 30.3 Å². The lowest BCUT2D eigenvalue weighted by Gasteiger charge is -2.30. The van der Waals surface area contributed by atoms with Crippen LogP contribution in [0.1, 0.15) is 41.6 Å². The largest absolute Gasteiger partial charge is 0.485 e. The Morgan fingerprint density at radius 1 is 0.853 bits per heavy atom. The zero-order valence-corrected chi connectivity index (χ0v) is 19.0. The number of para-hydroxylation sites is 2. The van der Waals surface area contributed by atoms with E-state index in [1.165, 1.54) is 18.4 Å². The molecule has 3 aromatic rings. The molecule has 0 spiro atoms. The molecule has 2 aliphatic rings. The van der Waals surface area contributed by atoms with E-state index in [0.717, 1.165) is 12.8 Å². The molecule has 0 bridgehead atoms. The summed E-state index contributed by atoms with van der Waals surface area (Å²) in [5.74, 6) is 0.781. The predicted molar refractivity (Wildman–Crippen MR) is 130 cm³/mol. The fourth-order valence-electron chi connectivity index (χ4n) is 4.84. The minimum atomic E-state index is -0.738. The summed E-state index contributed by atoms with van der Waals surface area (Å²) in [5.41, 5.74) is 2.46. The molecule has 1 atom stereocenters. The highest BCUT2D eigenvalue weighted by atomic mass is 16.6. The van der Waals surface area contributed by atoms with Gasteiger partial charge in [0.15, 0.2) is 11.5 Å². The molecule has 1 unspecified atom stereocenters. The summed E-state index contributed by atoms with van der Waals surface area (Å²) >= 11 is 0. The van der Waals surface area contributed by atoms with Gasteiger partial charge in [0.05, 0.1) is 0 Å². The highest BCUT2D eigenvalue weighted by molar-refractivity contribution is 5.97. The number of fused-ring (bicyclic) bond motifs is 1. The van der Waals surface area contributed by atoms with Crippen molar-refractivity contribution in [2.75, 3.05) is 18.5 Å². The maximum Gasteiger partial charge on any atom is 0.269 e. The van der Waals surface area contributed by atoms with E-state index in [4.69, 9.17) is 9.47 Å². The van der Waals surface area contributed by atoms with Gasteiger partial charge in [-0.1, -0.05) is 55.3 Å². The van der Waals surface area contributed by atoms with Gasteiger partial charge in [0.2, 0.25) is 6.10 Å². The first kappa shape index (κ1) is 22.0. The summed E-state index contributed by atoms with van der Waals surface area (Å²) in [4.78, 5) is 25.5. The summed E-state index contributed by atoms with van der Waals surface area (Å²) in [5, 5.41) is 5.98. The van der Waals surface area contributed by atoms with Crippen LogP contribution in [0.2, 0.25) is 0 Å². The third-order valence-corrected chi connectivity index (χ3v) is 6.75. The van der Waals surface area contributed by atoms with E-state index in [9.17, 15) is 9.59 Å². The Balaban J connectivity index is 1.18. The second-order valence-corrected chi connectivity index (χ2v) is 8.97. The van der Waals surface area contributed by atoms with Crippen LogP contribution in [-0.4, -0.2) is 31.1 Å². The average molecular weight is 457 g/mol. The number of carbonyl (C=O) groups is 2. The second-order valence-electron chi connectivity index (χ2n) is 8.97. The zero-order valence-electron chi connectivity index (χ0n) is 19.0. The lowest BCUT2D eigenvalue weighted by atomic mass is 9.79. The smallest absolute Gasteiger partial charge is 0.269 e. The Labute approximate surface area is 199 Å². The van der Waals surface area contributed by atoms with Gasteiger partial charge in [-0.3, -0.25) is 9.59 Å². The SMILES string of the molecule is O=C(NCC1(c2ccccc2)CCCC1)c1ccc(NC(=O)C2COc3ccccc3O2)cc1. The van der Waals surface area contributed by atoms with Crippen molar-refractivity contribution in [3.8, 4) is 11.5 Å². The molecule has 6 nitrogen and oxygen atoms in total. The standard InChI is InChI=1S/C28H28N2O4/c31-26(29-19-28(16-6-7-17-28)21-8-2-1-3-9-21)20-12-14-22(15-13-20)30-27(32)25-18-33-23-10-4-5-11-24(23)34-25/h1-5,8-15,25H,6-7,16-19H2,(H,29,31)(H,30,32). The van der Waals surface area contributed by atoms with Gasteiger partial charge < -0.3 is 20.1 Å². The van der Waals surface area contributed by atoms with Crippen molar-refractivity contribution in [2.45, 2.75) is 37.2 Å². The quantitative estimate of drug-likeness (QED) is 0.563. The van der Waals surface area contributed by atoms with E-state index in [1.807, 2.05) is 24.3 Å². The number of hydrogen-bond acceptors (Lipinski definition) is 4. The fourth-order valence-corrected chi connectivity index (χ4v) is 4.84. The molecule has 1 heterocycles. The van der Waals surface area contributed by atoms with Gasteiger partial charge in [-0.25, -0.2) is 0 Å². The molecule has 1 aliphatic carbocycles. The molecule has 0 aromatic heterocycles. The van der Waals surface area contributed by atoms with Crippen molar-refractivity contribution in [1.82, 2.24) is 5.32 Å². The molecule has 174 valence electrons. The molecule has 5 rings (SSSR count). The van der Waals surface area contributed by atoms with Crippen LogP contribution in [0.25, 0.3) is 0 Å². The van der Waals surface area contributed by atoms with E-state index >= 15 is 0 Å². The normalized spacial score (nSPS) is 18.2. The van der Waals surface area contributed by atoms with Crippen molar-refractivity contribution in [3.05, 3.63) is 90.0 Å². The Hall–Kier alpha value is -3.80. The summed E-state index contributed by atoms with van der Waals surface area (Å²) in [7, 11) is 0. The topological polar surface area (TPSA) is 76.7 Å². The van der Waals surface area contributed by atoms with Crippen LogP contribution in [0.4, 0.5) is 5.69 Å². The molecule has 3 aromatic carbocycles. The fraction of sp³-hybridized carbons (Fsp3) is 0.286. The van der Waals surface area contributed by atoms with Crippen LogP contribution in [0.3, 0.4) is 0 Å². The van der Waals surface area contributed by atoms with Gasteiger partial charge in [-0.05, 0) is 54.8 Å². The number of nitrogens with one attached hydrogen (secondary N) is 2. The van der Waals surface area contributed by atoms with Crippen LogP contribution in [-0.2, 0) is 10.2 Å². The monoisotopic (exact) mass is 456 g/mol. The van der Waals surface area contributed by atoms with Gasteiger partial charge in [0.25, 0.3) is 11.8 Å². The molecular formula is C28H28N2O4. The van der Waals surface area contributed by atoms with E-state index in [2.05, 4.69) is 34.9 Å². The third-order valence-electron chi connectivity index (χ3n) is 6.75. The zero-order chi connectivity index (χ0) is 23.4. The summed E-state index contributed by atoms with van der Waals surface area (Å²) in [6.07, 6.45) is 3.79. The molecule has 1 aliphatic heterocycles. The average Bonchev–Trinajstić information content (AvgIpc) is 3.38. The van der Waals surface area contributed by atoms with Gasteiger partial charge in [-0.2, -0.15) is 0 Å². The molecule has 2 N–H and O–H groups in total. The molecule has 0 radical (unpaired) electrons. The van der Waals surface area contributed by atoms with E-state index < -0.39 is 6.10 Å².